The van der Waals surface area contributed by atoms with Crippen molar-refractivity contribution >= 4 is 17.6 Å². The third-order valence-electron chi connectivity index (χ3n) is 3.60. The van der Waals surface area contributed by atoms with Crippen molar-refractivity contribution in [1.82, 2.24) is 10.6 Å². The van der Waals surface area contributed by atoms with Crippen LogP contribution in [0.2, 0.25) is 5.02 Å². The smallest absolute Gasteiger partial charge is 0.191 e. The first-order valence-electron chi connectivity index (χ1n) is 8.25. The summed E-state index contributed by atoms with van der Waals surface area (Å²) in [6.45, 7) is 4.01. The Morgan fingerprint density at radius 2 is 2.00 bits per heavy atom. The molecule has 134 valence electrons. The first kappa shape index (κ1) is 18.9. The van der Waals surface area contributed by atoms with Crippen molar-refractivity contribution in [3.63, 3.8) is 0 Å². The van der Waals surface area contributed by atoms with Crippen LogP contribution in [0.5, 0.6) is 11.5 Å². The topological polar surface area (TPSA) is 65.9 Å². The van der Waals surface area contributed by atoms with Gasteiger partial charge in [-0.25, -0.2) is 4.99 Å². The number of aliphatic imine (C=N–C) groups is 1. The predicted octanol–water partition coefficient (Wildman–Crippen LogP) is 3.35. The van der Waals surface area contributed by atoms with E-state index in [1.54, 1.807) is 12.1 Å². The van der Waals surface area contributed by atoms with Gasteiger partial charge in [-0.15, -0.1) is 0 Å². The van der Waals surface area contributed by atoms with E-state index in [9.17, 15) is 5.11 Å². The number of hydrogen-bond donors (Lipinski definition) is 3. The van der Waals surface area contributed by atoms with Gasteiger partial charge in [0, 0.05) is 18.1 Å². The molecular formula is C19H24ClN3O2. The van der Waals surface area contributed by atoms with Crippen LogP contribution in [0.4, 0.5) is 0 Å². The molecule has 6 heteroatoms. The maximum absolute atomic E-state index is 9.83. The Morgan fingerprint density at radius 1 is 1.16 bits per heavy atom. The van der Waals surface area contributed by atoms with Gasteiger partial charge >= 0.3 is 0 Å². The molecule has 0 aliphatic rings. The Bertz CT molecular complexity index is 720. The molecule has 0 radical (unpaired) electrons. The fourth-order valence-electron chi connectivity index (χ4n) is 2.36. The lowest BCUT2D eigenvalue weighted by atomic mass is 10.1. The number of nitrogens with zero attached hydrogens (tertiary/aromatic N) is 1. The largest absolute Gasteiger partial charge is 0.504 e. The second-order valence-electron chi connectivity index (χ2n) is 5.51. The number of nitrogens with one attached hydrogen (secondary N) is 2. The zero-order chi connectivity index (χ0) is 18.1. The fraction of sp³-hybridized carbons (Fsp3) is 0.316. The minimum atomic E-state index is 0.120. The molecule has 2 aromatic carbocycles. The third kappa shape index (κ3) is 6.19. The number of hydrogen-bond acceptors (Lipinski definition) is 3. The van der Waals surface area contributed by atoms with E-state index in [0.29, 0.717) is 12.3 Å². The number of aromatic hydroxyl groups is 1. The molecule has 0 amide bonds. The minimum Gasteiger partial charge on any atom is -0.504 e. The summed E-state index contributed by atoms with van der Waals surface area (Å²) in [5.41, 5.74) is 2.08. The summed E-state index contributed by atoms with van der Waals surface area (Å²) in [6.07, 6.45) is 0.855. The van der Waals surface area contributed by atoms with Gasteiger partial charge in [0.25, 0.3) is 0 Å². The van der Waals surface area contributed by atoms with Gasteiger partial charge in [-0.2, -0.15) is 0 Å². The molecule has 0 spiro atoms. The lowest BCUT2D eigenvalue weighted by molar-refractivity contribution is 0.373. The number of methoxy groups -OCH3 is 1. The second kappa shape index (κ2) is 9.79. The summed E-state index contributed by atoms with van der Waals surface area (Å²) in [4.78, 5) is 4.55. The van der Waals surface area contributed by atoms with E-state index in [-0.39, 0.29) is 5.75 Å². The first-order valence-corrected chi connectivity index (χ1v) is 8.62. The van der Waals surface area contributed by atoms with Crippen molar-refractivity contribution in [1.29, 1.82) is 0 Å². The number of phenols is 1. The molecule has 2 aromatic rings. The summed E-state index contributed by atoms with van der Waals surface area (Å²) < 4.78 is 5.05. The monoisotopic (exact) mass is 361 g/mol. The van der Waals surface area contributed by atoms with Crippen LogP contribution in [-0.2, 0) is 13.0 Å². The highest BCUT2D eigenvalue weighted by atomic mass is 35.5. The van der Waals surface area contributed by atoms with Gasteiger partial charge in [-0.3, -0.25) is 0 Å². The van der Waals surface area contributed by atoms with Crippen LogP contribution in [0.1, 0.15) is 18.1 Å². The number of ether oxygens (including phenoxy) is 1. The van der Waals surface area contributed by atoms with E-state index in [0.717, 1.165) is 36.1 Å². The zero-order valence-electron chi connectivity index (χ0n) is 14.6. The van der Waals surface area contributed by atoms with Crippen LogP contribution in [0.15, 0.2) is 47.5 Å². The Labute approximate surface area is 153 Å². The van der Waals surface area contributed by atoms with Gasteiger partial charge in [0.1, 0.15) is 0 Å². The van der Waals surface area contributed by atoms with Crippen LogP contribution >= 0.6 is 11.6 Å². The van der Waals surface area contributed by atoms with Crippen molar-refractivity contribution in [2.45, 2.75) is 19.9 Å². The molecule has 0 saturated heterocycles. The molecule has 0 fully saturated rings. The molecule has 0 bridgehead atoms. The summed E-state index contributed by atoms with van der Waals surface area (Å²) >= 11 is 6.00. The Kier molecular flexibility index (Phi) is 7.41. The molecule has 0 aliphatic carbocycles. The number of phenolic OH excluding ortho intramolecular Hbond substituents is 1. The van der Waals surface area contributed by atoms with Gasteiger partial charge in [-0.1, -0.05) is 29.8 Å². The highest BCUT2D eigenvalue weighted by molar-refractivity contribution is 6.30. The minimum absolute atomic E-state index is 0.120. The summed E-state index contributed by atoms with van der Waals surface area (Å²) in [5.74, 6) is 1.31. The lowest BCUT2D eigenvalue weighted by Crippen LogP contribution is -2.38. The van der Waals surface area contributed by atoms with Gasteiger partial charge in [0.05, 0.1) is 13.7 Å². The highest BCUT2D eigenvalue weighted by Gasteiger charge is 2.03. The molecule has 0 atom stereocenters. The molecule has 5 nitrogen and oxygen atoms in total. The Morgan fingerprint density at radius 3 is 2.68 bits per heavy atom. The van der Waals surface area contributed by atoms with Crippen LogP contribution < -0.4 is 15.4 Å². The Balaban J connectivity index is 1.92. The molecule has 0 saturated carbocycles. The molecular weight excluding hydrogens is 338 g/mol. The van der Waals surface area contributed by atoms with Crippen LogP contribution in [0.3, 0.4) is 0 Å². The van der Waals surface area contributed by atoms with E-state index in [1.165, 1.54) is 12.7 Å². The third-order valence-corrected chi connectivity index (χ3v) is 3.84. The maximum atomic E-state index is 9.83. The molecule has 3 N–H and O–H groups in total. The van der Waals surface area contributed by atoms with Gasteiger partial charge in [-0.05, 0) is 48.7 Å². The average Bonchev–Trinajstić information content (AvgIpc) is 2.60. The number of benzene rings is 2. The molecule has 0 heterocycles. The quantitative estimate of drug-likeness (QED) is 0.522. The van der Waals surface area contributed by atoms with Crippen LogP contribution in [-0.4, -0.2) is 31.3 Å². The summed E-state index contributed by atoms with van der Waals surface area (Å²) in [5, 5.41) is 17.1. The SMILES string of the molecule is CCNC(=NCc1ccc(OC)c(O)c1)NCCc1cccc(Cl)c1. The van der Waals surface area contributed by atoms with Crippen molar-refractivity contribution in [2.24, 2.45) is 4.99 Å². The number of guanidine groups is 1. The highest BCUT2D eigenvalue weighted by Crippen LogP contribution is 2.26. The van der Waals surface area contributed by atoms with Crippen molar-refractivity contribution in [3.05, 3.63) is 58.6 Å². The van der Waals surface area contributed by atoms with E-state index in [2.05, 4.69) is 21.7 Å². The van der Waals surface area contributed by atoms with Crippen LogP contribution in [0.25, 0.3) is 0 Å². The van der Waals surface area contributed by atoms with Crippen molar-refractivity contribution in [3.8, 4) is 11.5 Å². The van der Waals surface area contributed by atoms with Crippen LogP contribution in [0, 0.1) is 0 Å². The lowest BCUT2D eigenvalue weighted by Gasteiger charge is -2.12. The van der Waals surface area contributed by atoms with Gasteiger partial charge < -0.3 is 20.5 Å². The van der Waals surface area contributed by atoms with E-state index >= 15 is 0 Å². The van der Waals surface area contributed by atoms with Crippen molar-refractivity contribution < 1.29 is 9.84 Å². The fourth-order valence-corrected chi connectivity index (χ4v) is 2.58. The summed E-state index contributed by atoms with van der Waals surface area (Å²) in [7, 11) is 1.53. The predicted molar refractivity (Wildman–Crippen MR) is 103 cm³/mol. The molecule has 0 aromatic heterocycles. The number of rotatable bonds is 7. The molecule has 25 heavy (non-hydrogen) atoms. The normalized spacial score (nSPS) is 11.2. The van der Waals surface area contributed by atoms with E-state index in [1.807, 2.05) is 31.2 Å². The number of halogens is 1. The van der Waals surface area contributed by atoms with E-state index < -0.39 is 0 Å². The van der Waals surface area contributed by atoms with E-state index in [4.69, 9.17) is 16.3 Å². The maximum Gasteiger partial charge on any atom is 0.191 e. The molecule has 2 rings (SSSR count). The summed E-state index contributed by atoms with van der Waals surface area (Å²) in [6, 6.07) is 13.1. The Hall–Kier alpha value is -2.40. The standard InChI is InChI=1S/C19H24ClN3O2/c1-3-21-19(22-10-9-14-5-4-6-16(20)11-14)23-13-15-7-8-18(25-2)17(24)12-15/h4-8,11-12,24H,3,9-10,13H2,1-2H3,(H2,21,22,23). The van der Waals surface area contributed by atoms with Gasteiger partial charge in [0.2, 0.25) is 0 Å². The second-order valence-corrected chi connectivity index (χ2v) is 5.94. The molecule has 0 unspecified atom stereocenters. The first-order chi connectivity index (χ1) is 12.1. The average molecular weight is 362 g/mol. The molecule has 0 aliphatic heterocycles. The zero-order valence-corrected chi connectivity index (χ0v) is 15.3. The van der Waals surface area contributed by atoms with Gasteiger partial charge in [0.15, 0.2) is 17.5 Å². The van der Waals surface area contributed by atoms with Crippen molar-refractivity contribution in [2.75, 3.05) is 20.2 Å².